The van der Waals surface area contributed by atoms with Crippen molar-refractivity contribution in [1.29, 1.82) is 0 Å². The molecular weight excluding hydrogens is 421 g/mol. The quantitative estimate of drug-likeness (QED) is 0.331. The molecule has 174 valence electrons. The monoisotopic (exact) mass is 450 g/mol. The molecule has 0 aromatic heterocycles. The number of halogens is 3. The van der Waals surface area contributed by atoms with Crippen LogP contribution >= 0.6 is 0 Å². The summed E-state index contributed by atoms with van der Waals surface area (Å²) in [5.41, 5.74) is -0.474. The first-order valence-electron chi connectivity index (χ1n) is 10.5. The van der Waals surface area contributed by atoms with Gasteiger partial charge in [-0.2, -0.15) is 13.2 Å². The standard InChI is InChI=1S/C24H29F3N2O3/c1-16-11-19(13-21(12-16)24(25,26)27)17(2)32-15-22(20-7-5-4-6-8-20)9-10-23(30,14-28-22)18(3)29-31/h4-8,11-13,17,28,30-31H,9-10,14-15H2,1-3H3/b29-18+/t17-,22-,23?/m1/s1. The number of alkyl halides is 3. The number of benzene rings is 2. The molecule has 1 saturated heterocycles. The lowest BCUT2D eigenvalue weighted by atomic mass is 9.76. The van der Waals surface area contributed by atoms with Crippen LogP contribution in [-0.4, -0.2) is 34.8 Å². The first-order valence-corrected chi connectivity index (χ1v) is 10.5. The predicted molar refractivity (Wildman–Crippen MR) is 116 cm³/mol. The maximum Gasteiger partial charge on any atom is 0.416 e. The molecule has 1 aliphatic rings. The summed E-state index contributed by atoms with van der Waals surface area (Å²) in [7, 11) is 0. The summed E-state index contributed by atoms with van der Waals surface area (Å²) in [6.45, 7) is 5.27. The highest BCUT2D eigenvalue weighted by atomic mass is 19.4. The van der Waals surface area contributed by atoms with E-state index in [4.69, 9.17) is 9.94 Å². The van der Waals surface area contributed by atoms with Crippen LogP contribution < -0.4 is 5.32 Å². The number of aliphatic hydroxyl groups is 1. The molecule has 0 aliphatic carbocycles. The zero-order valence-corrected chi connectivity index (χ0v) is 18.4. The van der Waals surface area contributed by atoms with E-state index in [2.05, 4.69) is 10.5 Å². The number of β-amino-alcohol motifs (C(OH)–C–C–N with tert-alkyl or cyclic N) is 1. The fourth-order valence-corrected chi connectivity index (χ4v) is 4.10. The molecule has 0 spiro atoms. The van der Waals surface area contributed by atoms with Crippen molar-refractivity contribution < 1.29 is 28.2 Å². The molecule has 0 saturated carbocycles. The molecule has 1 aliphatic heterocycles. The number of oxime groups is 1. The number of hydrogen-bond donors (Lipinski definition) is 3. The summed E-state index contributed by atoms with van der Waals surface area (Å²) in [5.74, 6) is 0. The van der Waals surface area contributed by atoms with Crippen LogP contribution in [0, 0.1) is 6.92 Å². The molecule has 2 aromatic rings. The van der Waals surface area contributed by atoms with E-state index in [1.807, 2.05) is 30.3 Å². The Morgan fingerprint density at radius 1 is 1.19 bits per heavy atom. The Labute approximate surface area is 185 Å². The van der Waals surface area contributed by atoms with Crippen molar-refractivity contribution in [2.24, 2.45) is 5.16 Å². The molecular formula is C24H29F3N2O3. The Morgan fingerprint density at radius 2 is 1.88 bits per heavy atom. The van der Waals surface area contributed by atoms with E-state index in [0.29, 0.717) is 24.0 Å². The SMILES string of the molecule is C/C(=N\O)C1(O)CC[C@@](CO[C@H](C)c2cc(C)cc(C(F)(F)F)c2)(c2ccccc2)NC1. The van der Waals surface area contributed by atoms with Crippen molar-refractivity contribution >= 4 is 5.71 Å². The first-order chi connectivity index (χ1) is 15.0. The van der Waals surface area contributed by atoms with Crippen molar-refractivity contribution in [3.63, 3.8) is 0 Å². The first kappa shape index (κ1) is 24.2. The molecule has 32 heavy (non-hydrogen) atoms. The summed E-state index contributed by atoms with van der Waals surface area (Å²) in [6, 6.07) is 13.5. The number of piperidine rings is 1. The molecule has 3 N–H and O–H groups in total. The number of nitrogens with zero attached hydrogens (tertiary/aromatic N) is 1. The molecule has 0 radical (unpaired) electrons. The van der Waals surface area contributed by atoms with Crippen LogP contribution in [-0.2, 0) is 16.5 Å². The van der Waals surface area contributed by atoms with E-state index in [1.54, 1.807) is 26.8 Å². The number of aryl methyl sites for hydroxylation is 1. The van der Waals surface area contributed by atoms with Gasteiger partial charge in [-0.1, -0.05) is 47.1 Å². The van der Waals surface area contributed by atoms with Gasteiger partial charge in [-0.25, -0.2) is 0 Å². The van der Waals surface area contributed by atoms with E-state index in [9.17, 15) is 18.3 Å². The maximum absolute atomic E-state index is 13.2. The largest absolute Gasteiger partial charge is 0.416 e. The highest BCUT2D eigenvalue weighted by Crippen LogP contribution is 2.37. The van der Waals surface area contributed by atoms with Crippen LogP contribution in [0.15, 0.2) is 53.7 Å². The maximum atomic E-state index is 13.2. The lowest BCUT2D eigenvalue weighted by Gasteiger charge is -2.45. The van der Waals surface area contributed by atoms with Crippen LogP contribution in [0.25, 0.3) is 0 Å². The molecule has 3 rings (SSSR count). The third kappa shape index (κ3) is 5.14. The Morgan fingerprint density at radius 3 is 2.44 bits per heavy atom. The minimum absolute atomic E-state index is 0.151. The fourth-order valence-electron chi connectivity index (χ4n) is 4.10. The number of ether oxygens (including phenoxy) is 1. The Hall–Kier alpha value is -2.42. The third-order valence-corrected chi connectivity index (χ3v) is 6.31. The minimum atomic E-state index is -4.42. The van der Waals surface area contributed by atoms with Crippen molar-refractivity contribution in [2.75, 3.05) is 13.2 Å². The van der Waals surface area contributed by atoms with Gasteiger partial charge < -0.3 is 20.4 Å². The van der Waals surface area contributed by atoms with Gasteiger partial charge in [-0.15, -0.1) is 0 Å². The highest BCUT2D eigenvalue weighted by molar-refractivity contribution is 5.90. The van der Waals surface area contributed by atoms with Crippen LogP contribution in [0.5, 0.6) is 0 Å². The lowest BCUT2D eigenvalue weighted by molar-refractivity contribution is -0.137. The van der Waals surface area contributed by atoms with Gasteiger partial charge in [0.15, 0.2) is 0 Å². The lowest BCUT2D eigenvalue weighted by Crippen LogP contribution is -2.60. The van der Waals surface area contributed by atoms with Gasteiger partial charge in [0, 0.05) is 6.54 Å². The average molecular weight is 451 g/mol. The summed E-state index contributed by atoms with van der Waals surface area (Å²) in [6.07, 6.45) is -4.17. The van der Waals surface area contributed by atoms with E-state index >= 15 is 0 Å². The Balaban J connectivity index is 1.83. The zero-order chi connectivity index (χ0) is 23.6. The van der Waals surface area contributed by atoms with Gasteiger partial charge in [-0.3, -0.25) is 0 Å². The second-order valence-electron chi connectivity index (χ2n) is 8.60. The predicted octanol–water partition coefficient (Wildman–Crippen LogP) is 4.95. The molecule has 0 bridgehead atoms. The van der Waals surface area contributed by atoms with Gasteiger partial charge in [0.25, 0.3) is 0 Å². The van der Waals surface area contributed by atoms with Gasteiger partial charge in [-0.05, 0) is 56.9 Å². The van der Waals surface area contributed by atoms with E-state index in [1.165, 1.54) is 0 Å². The minimum Gasteiger partial charge on any atom is -0.411 e. The van der Waals surface area contributed by atoms with Gasteiger partial charge in [0.05, 0.1) is 29.5 Å². The van der Waals surface area contributed by atoms with Crippen molar-refractivity contribution in [3.05, 3.63) is 70.8 Å². The van der Waals surface area contributed by atoms with E-state index in [0.717, 1.165) is 17.7 Å². The van der Waals surface area contributed by atoms with Gasteiger partial charge in [0.2, 0.25) is 0 Å². The second-order valence-corrected chi connectivity index (χ2v) is 8.60. The number of rotatable bonds is 6. The molecule has 8 heteroatoms. The molecule has 1 heterocycles. The number of nitrogens with one attached hydrogen (secondary N) is 1. The summed E-state index contributed by atoms with van der Waals surface area (Å²) in [5, 5.41) is 26.4. The number of hydrogen-bond acceptors (Lipinski definition) is 5. The van der Waals surface area contributed by atoms with Gasteiger partial charge >= 0.3 is 6.18 Å². The molecule has 3 atom stereocenters. The van der Waals surface area contributed by atoms with Crippen LogP contribution in [0.1, 0.15) is 55.0 Å². The summed E-state index contributed by atoms with van der Waals surface area (Å²) in [4.78, 5) is 0. The molecule has 5 nitrogen and oxygen atoms in total. The topological polar surface area (TPSA) is 74.1 Å². The smallest absolute Gasteiger partial charge is 0.411 e. The summed E-state index contributed by atoms with van der Waals surface area (Å²) >= 11 is 0. The second kappa shape index (κ2) is 9.21. The van der Waals surface area contributed by atoms with E-state index < -0.39 is 29.0 Å². The molecule has 1 unspecified atom stereocenters. The van der Waals surface area contributed by atoms with E-state index in [-0.39, 0.29) is 18.9 Å². The highest BCUT2D eigenvalue weighted by Gasteiger charge is 2.44. The zero-order valence-electron chi connectivity index (χ0n) is 18.4. The third-order valence-electron chi connectivity index (χ3n) is 6.31. The molecule has 0 amide bonds. The van der Waals surface area contributed by atoms with Crippen LogP contribution in [0.4, 0.5) is 13.2 Å². The average Bonchev–Trinajstić information content (AvgIpc) is 2.77. The summed E-state index contributed by atoms with van der Waals surface area (Å²) < 4.78 is 45.8. The fraction of sp³-hybridized carbons (Fsp3) is 0.458. The van der Waals surface area contributed by atoms with Gasteiger partial charge in [0.1, 0.15) is 5.60 Å². The normalized spacial score (nSPS) is 25.5. The molecule has 1 fully saturated rings. The van der Waals surface area contributed by atoms with Crippen molar-refractivity contribution in [2.45, 2.75) is 57.0 Å². The van der Waals surface area contributed by atoms with Crippen LogP contribution in [0.2, 0.25) is 0 Å². The Kier molecular flexibility index (Phi) is 6.97. The van der Waals surface area contributed by atoms with Crippen molar-refractivity contribution in [1.82, 2.24) is 5.32 Å². The Bertz CT molecular complexity index is 953. The molecule has 2 aromatic carbocycles. The van der Waals surface area contributed by atoms with Crippen molar-refractivity contribution in [3.8, 4) is 0 Å². The van der Waals surface area contributed by atoms with Crippen LogP contribution in [0.3, 0.4) is 0 Å².